The molecule has 8 heterocycles. The minimum Gasteiger partial charge on any atom is -0.402 e. The highest BCUT2D eigenvalue weighted by Crippen LogP contribution is 2.44. The van der Waals surface area contributed by atoms with Gasteiger partial charge in [0.05, 0.1) is 68.1 Å². The molecule has 0 amide bonds. The van der Waals surface area contributed by atoms with Crippen molar-refractivity contribution in [3.8, 4) is 89.8 Å². The van der Waals surface area contributed by atoms with Gasteiger partial charge in [0.25, 0.3) is 0 Å². The van der Waals surface area contributed by atoms with E-state index in [2.05, 4.69) is 511 Å². The van der Waals surface area contributed by atoms with E-state index in [1.807, 2.05) is 54.6 Å². The first-order valence-electron chi connectivity index (χ1n) is 47.9. The molecule has 12 heteroatoms. The smallest absolute Gasteiger partial charge is 0.402 e. The molecule has 142 heavy (non-hydrogen) atoms. The Labute approximate surface area is 842 Å². The van der Waals surface area contributed by atoms with Crippen molar-refractivity contribution in [1.82, 2.24) is 33.2 Å². The van der Waals surface area contributed by atoms with Crippen LogP contribution in [0.4, 0.5) is 0 Å². The zero-order valence-corrected chi connectivity index (χ0v) is 80.6. The Kier molecular flexibility index (Phi) is 24.5. The number of pyridine rings is 2. The van der Waals surface area contributed by atoms with Crippen LogP contribution in [-0.2, 0) is 15.7 Å². The highest BCUT2D eigenvalue weighted by Gasteiger charge is 2.37. The molecule has 0 radical (unpaired) electrons. The molecule has 1 saturated heterocycles. The minimum atomic E-state index is -0.289. The van der Waals surface area contributed by atoms with Crippen LogP contribution in [0.15, 0.2) is 494 Å². The van der Waals surface area contributed by atoms with E-state index in [9.17, 15) is 0 Å². The summed E-state index contributed by atoms with van der Waals surface area (Å²) >= 11 is 7.00. The summed E-state index contributed by atoms with van der Waals surface area (Å²) in [5, 5.41) is 12.5. The molecule has 2 aliphatic carbocycles. The maximum absolute atomic E-state index is 5.98. The molecule has 0 saturated carbocycles. The van der Waals surface area contributed by atoms with Gasteiger partial charge in [-0.3, -0.25) is 4.57 Å². The van der Waals surface area contributed by atoms with Gasteiger partial charge < -0.3 is 28.0 Å². The molecule has 0 bridgehead atoms. The van der Waals surface area contributed by atoms with Crippen molar-refractivity contribution in [2.75, 3.05) is 0 Å². The quantitative estimate of drug-likeness (QED) is 0.0795. The Hall–Kier alpha value is -16.7. The van der Waals surface area contributed by atoms with E-state index in [1.54, 1.807) is 0 Å². The van der Waals surface area contributed by atoms with Gasteiger partial charge in [-0.15, -0.1) is 0 Å². The SMILES string of the molecule is Brc1cc(-c2ccccc2)cc(C2=CC=C[C+]=C2)n1.Brc1ccc2c(c1)-c1ccccc1C2.C.CC1OB(c2ccc3c(c2)c2ccccc2n3-c2ccccc2)OC1C.c1ccc(-c2cc(-c3ccccc3)nc(-n3c4ccccc4c4cc(-c5ccc6c(c5)c5ccccc5n6-c5ccccc5)ccc43)c2)cc1.c1ccc(-n2c3ccccc3c3cc(-c4ccc5[nH]c6ccccc6c5c4)ccc32)cc1. The van der Waals surface area contributed by atoms with E-state index >= 15 is 0 Å². The Morgan fingerprint density at radius 2 is 0.697 bits per heavy atom. The molecule has 2 atom stereocenters. The molecule has 25 aromatic rings. The normalized spacial score (nSPS) is 13.4. The first-order valence-corrected chi connectivity index (χ1v) is 49.5. The van der Waals surface area contributed by atoms with Crippen molar-refractivity contribution in [2.45, 2.75) is 39.9 Å². The second kappa shape index (κ2) is 39.0. The Bertz CT molecular complexity index is 9090. The highest BCUT2D eigenvalue weighted by atomic mass is 79.9. The molecule has 1 N–H and O–H groups in total. The monoisotopic (exact) mass is 1950 g/mol. The number of para-hydroxylation sites is 8. The molecule has 678 valence electrons. The summed E-state index contributed by atoms with van der Waals surface area (Å²) in [5.74, 6) is 0.902. The molecule has 1 fully saturated rings. The molecule has 9 nitrogen and oxygen atoms in total. The number of H-pyrrole nitrogens is 1. The van der Waals surface area contributed by atoms with Gasteiger partial charge in [0.15, 0.2) is 0 Å². The predicted octanol–water partition coefficient (Wildman–Crippen LogP) is 34.1. The van der Waals surface area contributed by atoms with Gasteiger partial charge in [-0.25, -0.2) is 9.97 Å². The van der Waals surface area contributed by atoms with Crippen LogP contribution in [0.5, 0.6) is 0 Å². The number of rotatable bonds is 11. The highest BCUT2D eigenvalue weighted by molar-refractivity contribution is 9.10. The Morgan fingerprint density at radius 1 is 0.303 bits per heavy atom. The van der Waals surface area contributed by atoms with Crippen LogP contribution in [0.25, 0.3) is 204 Å². The van der Waals surface area contributed by atoms with Gasteiger partial charge in [-0.2, -0.15) is 0 Å². The van der Waals surface area contributed by atoms with Crippen molar-refractivity contribution in [3.05, 3.63) is 517 Å². The molecule has 0 spiro atoms. The van der Waals surface area contributed by atoms with E-state index in [0.717, 1.165) is 71.5 Å². The average Bonchev–Trinajstić information content (AvgIpc) is 1.58. The summed E-state index contributed by atoms with van der Waals surface area (Å²) in [5.41, 5.74) is 35.7. The van der Waals surface area contributed by atoms with E-state index in [1.165, 1.54) is 171 Å². The molecule has 2 unspecified atom stereocenters. The van der Waals surface area contributed by atoms with Crippen molar-refractivity contribution in [1.29, 1.82) is 0 Å². The number of aromatic amines is 1. The van der Waals surface area contributed by atoms with Crippen molar-refractivity contribution >= 4 is 159 Å². The standard InChI is InChI=1S/C47H31N3.C30H20N2.C22H20BNO2.C17H11BrN.C13H9Br.CH4/c1-4-14-32(15-5-1)36-30-42(33-16-6-2-7-17-33)48-47(31-36)50-44-23-13-11-21-39(44)41-29-35(25-27-46(41)50)34-24-26-45-40(28-34)38-20-10-12-22-43(38)49(45)37-18-8-3-9-19-37;1-2-8-22(9-3-1)32-29-13-7-5-11-24(29)26-19-21(15-17-30(26)32)20-14-16-28-25(18-20)23-10-4-6-12-27(23)31-28;1-15-16(2)26-23(25-15)17-12-13-22-20(14-17)19-10-6-7-11-21(19)24(22)18-8-4-3-5-9-18;18-17-12-15(13-7-3-1-4-8-13)11-16(19-17)14-9-5-2-6-10-14;14-11-6-5-10-7-9-3-1-2-4-12(9)13(10)8-11;/h1-31H;1-19,31H;3-16H,1-2H3;1-5,7-12H;1-6,8H,7H2;1H4/q;;;+1;;. The number of benzene rings is 18. The largest absolute Gasteiger partial charge is 0.494 e. The van der Waals surface area contributed by atoms with Crippen LogP contribution in [0.2, 0.25) is 0 Å². The molecular formula is C130H95BBr2N7O2+. The average molecular weight is 1960 g/mol. The molecule has 28 rings (SSSR count). The van der Waals surface area contributed by atoms with Crippen molar-refractivity contribution in [2.24, 2.45) is 0 Å². The summed E-state index contributed by atoms with van der Waals surface area (Å²) < 4.78 is 23.3. The topological polar surface area (TPSA) is 79.8 Å². The lowest BCUT2D eigenvalue weighted by Gasteiger charge is -2.13. The number of fused-ring (bicyclic) bond motifs is 18. The van der Waals surface area contributed by atoms with Crippen LogP contribution in [0, 0.1) is 6.08 Å². The number of allylic oxidation sites excluding steroid dienone is 6. The fraction of sp³-hybridized carbons (Fsp3) is 0.0462. The van der Waals surface area contributed by atoms with Gasteiger partial charge in [-0.1, -0.05) is 327 Å². The number of hydrogen-bond donors (Lipinski definition) is 1. The van der Waals surface area contributed by atoms with Gasteiger partial charge in [0.1, 0.15) is 33.8 Å². The van der Waals surface area contributed by atoms with Crippen LogP contribution in [0.3, 0.4) is 0 Å². The fourth-order valence-electron chi connectivity index (χ4n) is 20.5. The number of aromatic nitrogens is 7. The zero-order valence-electron chi connectivity index (χ0n) is 77.4. The number of halogens is 2. The molecule has 7 aromatic heterocycles. The van der Waals surface area contributed by atoms with Crippen LogP contribution in [0.1, 0.15) is 38.1 Å². The minimum absolute atomic E-state index is 0. The number of hydrogen-bond acceptors (Lipinski definition) is 4. The summed E-state index contributed by atoms with van der Waals surface area (Å²) in [7, 11) is -0.289. The number of nitrogens with one attached hydrogen (secondary N) is 1. The van der Waals surface area contributed by atoms with Crippen molar-refractivity contribution < 1.29 is 9.31 Å². The van der Waals surface area contributed by atoms with E-state index in [4.69, 9.17) is 14.3 Å². The second-order valence-electron chi connectivity index (χ2n) is 36.0. The third-order valence-electron chi connectivity index (χ3n) is 27.4. The Balaban J connectivity index is 0.000000105. The molecule has 1 aliphatic heterocycles. The van der Waals surface area contributed by atoms with Gasteiger partial charge in [0.2, 0.25) is 0 Å². The third-order valence-corrected chi connectivity index (χ3v) is 28.3. The summed E-state index contributed by atoms with van der Waals surface area (Å²) in [4.78, 5) is 13.4. The lowest BCUT2D eigenvalue weighted by molar-refractivity contribution is 0.187. The summed E-state index contributed by atoms with van der Waals surface area (Å²) in [6.45, 7) is 4.12. The fourth-order valence-corrected chi connectivity index (χ4v) is 21.3. The maximum atomic E-state index is 5.98. The van der Waals surface area contributed by atoms with E-state index in [-0.39, 0.29) is 26.8 Å². The first kappa shape index (κ1) is 89.3. The van der Waals surface area contributed by atoms with E-state index in [0.29, 0.717) is 0 Å². The van der Waals surface area contributed by atoms with Gasteiger partial charge >= 0.3 is 7.12 Å². The second-order valence-corrected chi connectivity index (χ2v) is 37.8. The third kappa shape index (κ3) is 17.2. The molecule has 3 aliphatic rings. The molecule has 18 aromatic carbocycles. The first-order chi connectivity index (χ1) is 69.6. The maximum Gasteiger partial charge on any atom is 0.494 e. The summed E-state index contributed by atoms with van der Waals surface area (Å²) in [6, 6.07) is 164. The van der Waals surface area contributed by atoms with Crippen molar-refractivity contribution in [3.63, 3.8) is 0 Å². The van der Waals surface area contributed by atoms with Gasteiger partial charge in [0, 0.05) is 104 Å². The van der Waals surface area contributed by atoms with Crippen LogP contribution >= 0.6 is 31.9 Å². The van der Waals surface area contributed by atoms with Gasteiger partial charge in [-0.05, 0) is 266 Å². The molecular weight excluding hydrogens is 1860 g/mol. The summed E-state index contributed by atoms with van der Waals surface area (Å²) in [6.07, 6.45) is 12.2. The lowest BCUT2D eigenvalue weighted by atomic mass is 9.79. The van der Waals surface area contributed by atoms with Crippen LogP contribution in [-0.4, -0.2) is 52.5 Å². The van der Waals surface area contributed by atoms with E-state index < -0.39 is 0 Å². The zero-order chi connectivity index (χ0) is 94.4. The Morgan fingerprint density at radius 3 is 1.21 bits per heavy atom. The van der Waals surface area contributed by atoms with Crippen LogP contribution < -0.4 is 5.46 Å². The lowest BCUT2D eigenvalue weighted by Crippen LogP contribution is -2.32. The predicted molar refractivity (Wildman–Crippen MR) is 603 cm³/mol. The number of nitrogens with zero attached hydrogens (tertiary/aromatic N) is 6.